The summed E-state index contributed by atoms with van der Waals surface area (Å²) in [5.74, 6) is 0.243. The number of phenolic OH excluding ortho intramolecular Hbond substituents is 2. The second-order valence-corrected chi connectivity index (χ2v) is 5.88. The fourth-order valence-corrected chi connectivity index (χ4v) is 2.80. The Morgan fingerprint density at radius 1 is 0.900 bits per heavy atom. The molecule has 0 aliphatic rings. The monoisotopic (exact) mass is 310 g/mol. The summed E-state index contributed by atoms with van der Waals surface area (Å²) in [4.78, 5) is 0. The summed E-state index contributed by atoms with van der Waals surface area (Å²) in [5.41, 5.74) is 0.924. The van der Waals surface area contributed by atoms with E-state index in [-0.39, 0.29) is 11.5 Å². The maximum absolute atomic E-state index is 10.2. The fraction of sp³-hybridized carbons (Fsp3) is 0.250. The lowest BCUT2D eigenvalue weighted by Gasteiger charge is -2.31. The van der Waals surface area contributed by atoms with Crippen LogP contribution in [-0.4, -0.2) is 10.2 Å². The average molecular weight is 311 g/mol. The van der Waals surface area contributed by atoms with Gasteiger partial charge < -0.3 is 10.2 Å². The highest BCUT2D eigenvalue weighted by Gasteiger charge is 2.32. The first-order valence-corrected chi connectivity index (χ1v) is 7.12. The summed E-state index contributed by atoms with van der Waals surface area (Å²) in [6, 6.07) is 10.1. The van der Waals surface area contributed by atoms with E-state index in [0.717, 1.165) is 11.1 Å². The highest BCUT2D eigenvalue weighted by atomic mass is 35.5. The summed E-state index contributed by atoms with van der Waals surface area (Å²) in [5, 5.41) is 21.3. The van der Waals surface area contributed by atoms with Gasteiger partial charge >= 0.3 is 0 Å². The standard InChI is InChI=1S/C16H16Cl2O2/c1-3-16(2,12-6-4-10(17)8-14(12)19)13-7-5-11(18)9-15(13)20/h4-9,19-20H,3H2,1-2H3. The van der Waals surface area contributed by atoms with Crippen LogP contribution in [0.4, 0.5) is 0 Å². The molecule has 0 aliphatic heterocycles. The quantitative estimate of drug-likeness (QED) is 0.826. The molecule has 0 atom stereocenters. The topological polar surface area (TPSA) is 40.5 Å². The first-order valence-electron chi connectivity index (χ1n) is 6.36. The molecule has 2 N–H and O–H groups in total. The van der Waals surface area contributed by atoms with Crippen LogP contribution in [-0.2, 0) is 5.41 Å². The lowest BCUT2D eigenvalue weighted by atomic mass is 9.73. The number of hydrogen-bond acceptors (Lipinski definition) is 2. The van der Waals surface area contributed by atoms with E-state index in [2.05, 4.69) is 0 Å². The molecule has 0 unspecified atom stereocenters. The van der Waals surface area contributed by atoms with E-state index >= 15 is 0 Å². The number of benzene rings is 2. The smallest absolute Gasteiger partial charge is 0.121 e. The molecule has 0 aliphatic carbocycles. The third-order valence-corrected chi connectivity index (χ3v) is 4.29. The highest BCUT2D eigenvalue weighted by Crippen LogP contribution is 2.44. The lowest BCUT2D eigenvalue weighted by molar-refractivity contribution is 0.420. The molecule has 4 heteroatoms. The molecule has 0 fully saturated rings. The molecular formula is C16H16Cl2O2. The van der Waals surface area contributed by atoms with E-state index in [1.165, 1.54) is 12.1 Å². The summed E-state index contributed by atoms with van der Waals surface area (Å²) < 4.78 is 0. The van der Waals surface area contributed by atoms with Gasteiger partial charge in [-0.1, -0.05) is 49.2 Å². The Hall–Kier alpha value is -1.38. The zero-order chi connectivity index (χ0) is 14.9. The van der Waals surface area contributed by atoms with Crippen molar-refractivity contribution in [2.75, 3.05) is 0 Å². The summed E-state index contributed by atoms with van der Waals surface area (Å²) in [6.07, 6.45) is 0.706. The number of rotatable bonds is 3. The minimum absolute atomic E-state index is 0.121. The van der Waals surface area contributed by atoms with Crippen LogP contribution in [0.25, 0.3) is 0 Å². The van der Waals surface area contributed by atoms with Crippen molar-refractivity contribution in [2.24, 2.45) is 0 Å². The van der Waals surface area contributed by atoms with Crippen molar-refractivity contribution in [1.29, 1.82) is 0 Å². The molecule has 20 heavy (non-hydrogen) atoms. The predicted molar refractivity (Wildman–Crippen MR) is 83.0 cm³/mol. The van der Waals surface area contributed by atoms with Crippen LogP contribution < -0.4 is 0 Å². The molecule has 0 saturated carbocycles. The Balaban J connectivity index is 2.63. The molecule has 0 heterocycles. The van der Waals surface area contributed by atoms with Gasteiger partial charge in [-0.3, -0.25) is 0 Å². The van der Waals surface area contributed by atoms with Crippen molar-refractivity contribution < 1.29 is 10.2 Å². The van der Waals surface area contributed by atoms with Gasteiger partial charge in [0.2, 0.25) is 0 Å². The number of aromatic hydroxyl groups is 2. The molecule has 2 aromatic rings. The largest absolute Gasteiger partial charge is 0.508 e. The molecule has 0 saturated heterocycles. The van der Waals surface area contributed by atoms with Gasteiger partial charge in [0.05, 0.1) is 0 Å². The van der Waals surface area contributed by atoms with Crippen LogP contribution in [0.3, 0.4) is 0 Å². The second kappa shape index (κ2) is 5.55. The van der Waals surface area contributed by atoms with Gasteiger partial charge in [0.1, 0.15) is 11.5 Å². The van der Waals surface area contributed by atoms with Gasteiger partial charge in [-0.05, 0) is 30.7 Å². The van der Waals surface area contributed by atoms with Crippen molar-refractivity contribution in [3.63, 3.8) is 0 Å². The van der Waals surface area contributed by atoms with Crippen molar-refractivity contribution in [2.45, 2.75) is 25.7 Å². The summed E-state index contributed by atoms with van der Waals surface area (Å²) >= 11 is 11.8. The molecule has 2 rings (SSSR count). The molecule has 0 bridgehead atoms. The van der Waals surface area contributed by atoms with Gasteiger partial charge in [0.15, 0.2) is 0 Å². The van der Waals surface area contributed by atoms with Gasteiger partial charge in [0, 0.05) is 26.6 Å². The van der Waals surface area contributed by atoms with Crippen LogP contribution in [0.2, 0.25) is 10.0 Å². The van der Waals surface area contributed by atoms with E-state index < -0.39 is 5.41 Å². The van der Waals surface area contributed by atoms with Gasteiger partial charge in [-0.2, -0.15) is 0 Å². The zero-order valence-corrected chi connectivity index (χ0v) is 12.8. The fourth-order valence-electron chi connectivity index (χ4n) is 2.47. The SMILES string of the molecule is CCC(C)(c1ccc(Cl)cc1O)c1ccc(Cl)cc1O. The Labute approximate surface area is 128 Å². The molecular weight excluding hydrogens is 295 g/mol. The Kier molecular flexibility index (Phi) is 4.17. The van der Waals surface area contributed by atoms with Crippen molar-refractivity contribution >= 4 is 23.2 Å². The van der Waals surface area contributed by atoms with Crippen LogP contribution >= 0.6 is 23.2 Å². The molecule has 0 amide bonds. The molecule has 0 aromatic heterocycles. The predicted octanol–water partition coefficient (Wildman–Crippen LogP) is 5.12. The van der Waals surface area contributed by atoms with Crippen LogP contribution in [0, 0.1) is 0 Å². The van der Waals surface area contributed by atoms with Crippen LogP contribution in [0.1, 0.15) is 31.4 Å². The van der Waals surface area contributed by atoms with Crippen molar-refractivity contribution in [1.82, 2.24) is 0 Å². The lowest BCUT2D eigenvalue weighted by Crippen LogP contribution is -2.22. The minimum atomic E-state index is -0.524. The molecule has 2 nitrogen and oxygen atoms in total. The number of halogens is 2. The molecule has 0 spiro atoms. The maximum atomic E-state index is 10.2. The molecule has 0 radical (unpaired) electrons. The Bertz CT molecular complexity index is 587. The van der Waals surface area contributed by atoms with Gasteiger partial charge in [-0.15, -0.1) is 0 Å². The minimum Gasteiger partial charge on any atom is -0.508 e. The maximum Gasteiger partial charge on any atom is 0.121 e. The Morgan fingerprint density at radius 3 is 1.60 bits per heavy atom. The Morgan fingerprint density at radius 2 is 1.30 bits per heavy atom. The van der Waals surface area contributed by atoms with E-state index in [1.54, 1.807) is 24.3 Å². The van der Waals surface area contributed by atoms with Crippen LogP contribution in [0.5, 0.6) is 11.5 Å². The third kappa shape index (κ3) is 2.58. The highest BCUT2D eigenvalue weighted by molar-refractivity contribution is 6.31. The van der Waals surface area contributed by atoms with Gasteiger partial charge in [0.25, 0.3) is 0 Å². The zero-order valence-electron chi connectivity index (χ0n) is 11.3. The van der Waals surface area contributed by atoms with Crippen molar-refractivity contribution in [3.05, 3.63) is 57.6 Å². The van der Waals surface area contributed by atoms with Crippen molar-refractivity contribution in [3.8, 4) is 11.5 Å². The normalized spacial score (nSPS) is 11.6. The van der Waals surface area contributed by atoms with E-state index in [0.29, 0.717) is 16.5 Å². The molecule has 2 aromatic carbocycles. The summed E-state index contributed by atoms with van der Waals surface area (Å²) in [7, 11) is 0. The van der Waals surface area contributed by atoms with Crippen LogP contribution in [0.15, 0.2) is 36.4 Å². The van der Waals surface area contributed by atoms with E-state index in [4.69, 9.17) is 23.2 Å². The molecule has 106 valence electrons. The first-order chi connectivity index (χ1) is 9.38. The third-order valence-electron chi connectivity index (χ3n) is 3.82. The first kappa shape index (κ1) is 15.0. The van der Waals surface area contributed by atoms with E-state index in [1.807, 2.05) is 13.8 Å². The number of phenols is 2. The average Bonchev–Trinajstić information content (AvgIpc) is 2.37. The summed E-state index contributed by atoms with van der Waals surface area (Å²) in [6.45, 7) is 3.97. The second-order valence-electron chi connectivity index (χ2n) is 5.01. The number of hydrogen-bond donors (Lipinski definition) is 2. The van der Waals surface area contributed by atoms with Gasteiger partial charge in [-0.25, -0.2) is 0 Å². The van der Waals surface area contributed by atoms with E-state index in [9.17, 15) is 10.2 Å².